The lowest BCUT2D eigenvalue weighted by atomic mass is 9.89. The molecule has 270 valence electrons. The minimum absolute atomic E-state index is 0.313. The normalized spacial score (nSPS) is 15.0. The first-order chi connectivity index (χ1) is 22.9. The summed E-state index contributed by atoms with van der Waals surface area (Å²) in [6, 6.07) is 7.61. The highest BCUT2D eigenvalue weighted by molar-refractivity contribution is 5.95. The van der Waals surface area contributed by atoms with Crippen LogP contribution in [0.15, 0.2) is 59.2 Å². The van der Waals surface area contributed by atoms with Crippen LogP contribution in [-0.2, 0) is 6.42 Å². The van der Waals surface area contributed by atoms with E-state index in [1.165, 1.54) is 107 Å². The molecule has 0 aliphatic rings. The Balaban J connectivity index is 1.52. The van der Waals surface area contributed by atoms with E-state index in [4.69, 9.17) is 0 Å². The van der Waals surface area contributed by atoms with Crippen LogP contribution in [0.3, 0.4) is 0 Å². The van der Waals surface area contributed by atoms with Crippen LogP contribution in [-0.4, -0.2) is 10.2 Å². The fraction of sp³-hybridized carbons (Fsp3) is 0.652. The third-order valence-electron chi connectivity index (χ3n) is 10.9. The van der Waals surface area contributed by atoms with E-state index in [1.807, 2.05) is 31.2 Å². The molecule has 0 heterocycles. The molecule has 0 spiro atoms. The van der Waals surface area contributed by atoms with Crippen LogP contribution >= 0.6 is 0 Å². The number of hydrogen-bond donors (Lipinski definition) is 2. The van der Waals surface area contributed by atoms with Crippen molar-refractivity contribution in [3.63, 3.8) is 0 Å². The Morgan fingerprint density at radius 2 is 0.979 bits per heavy atom. The van der Waals surface area contributed by atoms with Crippen LogP contribution in [0.2, 0.25) is 0 Å². The topological polar surface area (TPSA) is 40.5 Å². The van der Waals surface area contributed by atoms with Gasteiger partial charge in [-0.3, -0.25) is 0 Å². The second-order valence-corrected chi connectivity index (χ2v) is 16.1. The van der Waals surface area contributed by atoms with E-state index >= 15 is 0 Å². The van der Waals surface area contributed by atoms with Crippen molar-refractivity contribution in [2.24, 2.45) is 23.7 Å². The Morgan fingerprint density at radius 3 is 1.48 bits per heavy atom. The van der Waals surface area contributed by atoms with Crippen molar-refractivity contribution < 1.29 is 10.2 Å². The Labute approximate surface area is 297 Å². The quantitative estimate of drug-likeness (QED) is 0.0870. The lowest BCUT2D eigenvalue weighted by Crippen LogP contribution is -2.03. The highest BCUT2D eigenvalue weighted by Gasteiger charge is 2.17. The van der Waals surface area contributed by atoms with E-state index < -0.39 is 0 Å². The molecule has 2 aromatic carbocycles. The zero-order chi connectivity index (χ0) is 35.5. The van der Waals surface area contributed by atoms with Crippen molar-refractivity contribution in [2.75, 3.05) is 0 Å². The van der Waals surface area contributed by atoms with Gasteiger partial charge in [0.25, 0.3) is 0 Å². The van der Waals surface area contributed by atoms with Crippen molar-refractivity contribution in [3.05, 3.63) is 70.3 Å². The van der Waals surface area contributed by atoms with Gasteiger partial charge in [-0.05, 0) is 115 Å². The molecular formula is C46H74O2. The summed E-state index contributed by atoms with van der Waals surface area (Å²) < 4.78 is 0. The molecule has 48 heavy (non-hydrogen) atoms. The van der Waals surface area contributed by atoms with Gasteiger partial charge in [-0.25, -0.2) is 0 Å². The second-order valence-electron chi connectivity index (χ2n) is 16.1. The van der Waals surface area contributed by atoms with E-state index in [9.17, 15) is 10.2 Å². The van der Waals surface area contributed by atoms with E-state index in [2.05, 4.69) is 73.6 Å². The molecule has 0 saturated heterocycles. The lowest BCUT2D eigenvalue weighted by Gasteiger charge is -2.18. The van der Waals surface area contributed by atoms with Crippen LogP contribution in [0.4, 0.5) is 0 Å². The van der Waals surface area contributed by atoms with Crippen LogP contribution < -0.4 is 0 Å². The summed E-state index contributed by atoms with van der Waals surface area (Å²) >= 11 is 0. The van der Waals surface area contributed by atoms with Crippen LogP contribution in [0.1, 0.15) is 169 Å². The third-order valence-corrected chi connectivity index (χ3v) is 10.9. The van der Waals surface area contributed by atoms with Gasteiger partial charge >= 0.3 is 0 Å². The Morgan fingerprint density at radius 1 is 0.562 bits per heavy atom. The van der Waals surface area contributed by atoms with Gasteiger partial charge in [0.2, 0.25) is 0 Å². The highest BCUT2D eigenvalue weighted by Crippen LogP contribution is 2.40. The number of fused-ring (bicyclic) bond motifs is 1. The van der Waals surface area contributed by atoms with Crippen molar-refractivity contribution in [1.82, 2.24) is 0 Å². The zero-order valence-corrected chi connectivity index (χ0v) is 32.8. The fourth-order valence-corrected chi connectivity index (χ4v) is 7.25. The summed E-state index contributed by atoms with van der Waals surface area (Å²) in [5, 5.41) is 23.1. The smallest absolute Gasteiger partial charge is 0.127 e. The van der Waals surface area contributed by atoms with Crippen molar-refractivity contribution in [2.45, 2.75) is 171 Å². The fourth-order valence-electron chi connectivity index (χ4n) is 7.25. The van der Waals surface area contributed by atoms with Crippen molar-refractivity contribution in [3.8, 4) is 11.5 Å². The first-order valence-corrected chi connectivity index (χ1v) is 19.8. The summed E-state index contributed by atoms with van der Waals surface area (Å²) in [4.78, 5) is 0. The first kappa shape index (κ1) is 41.7. The van der Waals surface area contributed by atoms with E-state index in [0.717, 1.165) is 52.5 Å². The molecule has 2 nitrogen and oxygen atoms in total. The maximum atomic E-state index is 10.9. The predicted molar refractivity (Wildman–Crippen MR) is 213 cm³/mol. The summed E-state index contributed by atoms with van der Waals surface area (Å²) in [5.74, 6) is 3.76. The zero-order valence-electron chi connectivity index (χ0n) is 32.8. The van der Waals surface area contributed by atoms with Gasteiger partial charge < -0.3 is 10.2 Å². The predicted octanol–water partition coefficient (Wildman–Crippen LogP) is 14.7. The standard InChI is InChI=1S/C46H74O2/c1-34(2)18-12-19-35(3)20-13-21-36(4)22-14-23-37(5)24-15-25-38(6)26-16-27-39(7)28-17-29-40(8)32-33-42-41(9)45(47)43-30-10-11-31-44(43)46(42)48/h10-11,18,20,22,30-31,37-40,47-48H,12-17,19,21,23-29,32-33H2,1-9H3/b35-20+,36-22+. The molecule has 0 aliphatic heterocycles. The molecule has 2 aromatic rings. The molecule has 0 radical (unpaired) electrons. The highest BCUT2D eigenvalue weighted by atomic mass is 16.3. The molecular weight excluding hydrogens is 585 g/mol. The molecule has 4 unspecified atom stereocenters. The number of rotatable bonds is 24. The summed E-state index contributed by atoms with van der Waals surface area (Å²) in [6.45, 7) is 20.6. The average molecular weight is 659 g/mol. The van der Waals surface area contributed by atoms with Gasteiger partial charge in [0.05, 0.1) is 0 Å². The van der Waals surface area contributed by atoms with Gasteiger partial charge in [0, 0.05) is 16.3 Å². The van der Waals surface area contributed by atoms with Crippen LogP contribution in [0.25, 0.3) is 10.8 Å². The van der Waals surface area contributed by atoms with Gasteiger partial charge in [-0.2, -0.15) is 0 Å². The van der Waals surface area contributed by atoms with E-state index in [0.29, 0.717) is 17.4 Å². The first-order valence-electron chi connectivity index (χ1n) is 19.8. The molecule has 0 aromatic heterocycles. The maximum Gasteiger partial charge on any atom is 0.127 e. The number of benzene rings is 2. The molecule has 0 saturated carbocycles. The summed E-state index contributed by atoms with van der Waals surface area (Å²) in [7, 11) is 0. The monoisotopic (exact) mass is 659 g/mol. The molecule has 2 rings (SSSR count). The van der Waals surface area contributed by atoms with E-state index in [-0.39, 0.29) is 0 Å². The molecule has 0 amide bonds. The van der Waals surface area contributed by atoms with Crippen molar-refractivity contribution >= 4 is 10.8 Å². The maximum absolute atomic E-state index is 10.9. The van der Waals surface area contributed by atoms with Gasteiger partial charge in [0.1, 0.15) is 11.5 Å². The number of phenols is 2. The number of phenolic OH excluding ortho intramolecular Hbond substituents is 2. The van der Waals surface area contributed by atoms with Crippen molar-refractivity contribution in [1.29, 1.82) is 0 Å². The van der Waals surface area contributed by atoms with Crippen LogP contribution in [0, 0.1) is 30.6 Å². The van der Waals surface area contributed by atoms with Gasteiger partial charge in [-0.1, -0.05) is 145 Å². The van der Waals surface area contributed by atoms with Gasteiger partial charge in [0.15, 0.2) is 0 Å². The van der Waals surface area contributed by atoms with E-state index in [1.54, 1.807) is 5.57 Å². The molecule has 2 N–H and O–H groups in total. The summed E-state index contributed by atoms with van der Waals surface area (Å²) in [6.07, 6.45) is 28.5. The summed E-state index contributed by atoms with van der Waals surface area (Å²) in [5.41, 5.74) is 6.25. The largest absolute Gasteiger partial charge is 0.507 e. The third kappa shape index (κ3) is 16.3. The molecule has 0 bridgehead atoms. The lowest BCUT2D eigenvalue weighted by molar-refractivity contribution is 0.369. The minimum atomic E-state index is 0.313. The Bertz CT molecular complexity index is 1290. The second kappa shape index (κ2) is 23.0. The number of allylic oxidation sites excluding steroid dienone is 6. The van der Waals surface area contributed by atoms with Gasteiger partial charge in [-0.15, -0.1) is 0 Å². The molecule has 0 fully saturated rings. The minimum Gasteiger partial charge on any atom is -0.507 e. The molecule has 4 atom stereocenters. The molecule has 0 aliphatic carbocycles. The number of aromatic hydroxyl groups is 2. The Kier molecular flexibility index (Phi) is 20.0. The van der Waals surface area contributed by atoms with Crippen LogP contribution in [0.5, 0.6) is 11.5 Å². The average Bonchev–Trinajstić information content (AvgIpc) is 3.03. The number of hydrogen-bond acceptors (Lipinski definition) is 2. The Hall–Kier alpha value is -2.48. The SMILES string of the molecule is CC(C)=CCC/C(C)=C/CC/C(C)=C/CCC(C)CCCC(C)CCCC(C)CCCC(C)CCc1c(C)c(O)c2ccccc2c1O. The molecule has 2 heteroatoms.